The predicted octanol–water partition coefficient (Wildman–Crippen LogP) is 3.87. The second-order valence-electron chi connectivity index (χ2n) is 8.20. The van der Waals surface area contributed by atoms with Gasteiger partial charge in [0.15, 0.2) is 5.76 Å². The normalized spacial score (nSPS) is 14.3. The summed E-state index contributed by atoms with van der Waals surface area (Å²) >= 11 is 0. The van der Waals surface area contributed by atoms with Crippen LogP contribution in [0.1, 0.15) is 21.7 Å². The van der Waals surface area contributed by atoms with Crippen LogP contribution in [0.2, 0.25) is 0 Å². The van der Waals surface area contributed by atoms with E-state index in [1.807, 2.05) is 37.3 Å². The Morgan fingerprint density at radius 3 is 2.20 bits per heavy atom. The lowest BCUT2D eigenvalue weighted by atomic mass is 10.2. The van der Waals surface area contributed by atoms with Gasteiger partial charge in [-0.15, -0.1) is 0 Å². The third-order valence-electron chi connectivity index (χ3n) is 5.77. The van der Waals surface area contributed by atoms with Gasteiger partial charge in [-0.1, -0.05) is 60.2 Å². The van der Waals surface area contributed by atoms with Crippen molar-refractivity contribution in [3.05, 3.63) is 96.0 Å². The Bertz CT molecular complexity index is 1280. The number of piperazine rings is 1. The smallest absolute Gasteiger partial charge is 0.334 e. The molecule has 0 atom stereocenters. The molecule has 4 rings (SSSR count). The second-order valence-corrected chi connectivity index (χ2v) is 10.1. The number of aryl methyl sites for hydroxylation is 1. The van der Waals surface area contributed by atoms with E-state index >= 15 is 0 Å². The van der Waals surface area contributed by atoms with Crippen molar-refractivity contribution in [1.82, 2.24) is 14.1 Å². The molecule has 1 fully saturated rings. The van der Waals surface area contributed by atoms with Crippen LogP contribution >= 0.6 is 0 Å². The van der Waals surface area contributed by atoms with Crippen molar-refractivity contribution >= 4 is 28.0 Å². The van der Waals surface area contributed by atoms with E-state index < -0.39 is 16.1 Å². The molecule has 0 aliphatic carbocycles. The highest BCUT2D eigenvalue weighted by Gasteiger charge is 2.34. The summed E-state index contributed by atoms with van der Waals surface area (Å²) in [6.07, 6.45) is 4.88. The van der Waals surface area contributed by atoms with Crippen molar-refractivity contribution in [2.75, 3.05) is 32.7 Å². The Labute approximate surface area is 205 Å². The molecule has 1 aliphatic rings. The SMILES string of the molecule is Cc1ccc(S(=O)(=O)N(C/C=C/c2ccccc2)C(=O)N2CCN(C(=O)c3ccco3)CC2)cc1. The molecule has 0 N–H and O–H groups in total. The van der Waals surface area contributed by atoms with Gasteiger partial charge in [-0.3, -0.25) is 4.79 Å². The summed E-state index contributed by atoms with van der Waals surface area (Å²) in [4.78, 5) is 29.1. The highest BCUT2D eigenvalue weighted by Crippen LogP contribution is 2.20. The summed E-state index contributed by atoms with van der Waals surface area (Å²) in [6, 6.07) is 18.5. The molecule has 182 valence electrons. The third kappa shape index (κ3) is 5.63. The monoisotopic (exact) mass is 493 g/mol. The van der Waals surface area contributed by atoms with E-state index in [1.165, 1.54) is 23.3 Å². The number of nitrogens with zero attached hydrogens (tertiary/aromatic N) is 3. The molecule has 0 saturated carbocycles. The first kappa shape index (κ1) is 24.3. The number of rotatable bonds is 6. The minimum atomic E-state index is -4.09. The van der Waals surface area contributed by atoms with Crippen molar-refractivity contribution < 1.29 is 22.4 Å². The predicted molar refractivity (Wildman–Crippen MR) is 132 cm³/mol. The molecule has 2 heterocycles. The molecular formula is C26H27N3O5S. The van der Waals surface area contributed by atoms with Crippen molar-refractivity contribution in [2.24, 2.45) is 0 Å². The van der Waals surface area contributed by atoms with E-state index in [2.05, 4.69) is 0 Å². The molecule has 3 amide bonds. The van der Waals surface area contributed by atoms with Gasteiger partial charge in [0.05, 0.1) is 17.7 Å². The first-order chi connectivity index (χ1) is 16.9. The Morgan fingerprint density at radius 2 is 1.57 bits per heavy atom. The summed E-state index contributed by atoms with van der Waals surface area (Å²) in [6.45, 7) is 2.75. The summed E-state index contributed by atoms with van der Waals surface area (Å²) in [5, 5.41) is 0. The van der Waals surface area contributed by atoms with Crippen molar-refractivity contribution in [3.8, 4) is 0 Å². The molecule has 1 aliphatic heterocycles. The van der Waals surface area contributed by atoms with E-state index in [1.54, 1.807) is 41.3 Å². The van der Waals surface area contributed by atoms with Crippen molar-refractivity contribution in [2.45, 2.75) is 11.8 Å². The summed E-state index contributed by atoms with van der Waals surface area (Å²) in [5.74, 6) is -0.0172. The van der Waals surface area contributed by atoms with E-state index in [9.17, 15) is 18.0 Å². The maximum absolute atomic E-state index is 13.5. The standard InChI is InChI=1S/C26H27N3O5S/c1-21-11-13-23(14-12-21)35(32,33)29(15-5-9-22-7-3-2-4-8-22)26(31)28-18-16-27(17-19-28)25(30)24-10-6-20-34-24/h2-14,20H,15-19H2,1H3/b9-5+. The van der Waals surface area contributed by atoms with Gasteiger partial charge in [-0.25, -0.2) is 17.5 Å². The van der Waals surface area contributed by atoms with Crippen LogP contribution < -0.4 is 0 Å². The molecule has 3 aromatic rings. The molecule has 0 radical (unpaired) electrons. The zero-order valence-corrected chi connectivity index (χ0v) is 20.2. The molecule has 1 aromatic heterocycles. The van der Waals surface area contributed by atoms with E-state index in [0.29, 0.717) is 0 Å². The van der Waals surface area contributed by atoms with Gasteiger partial charge in [-0.2, -0.15) is 0 Å². The molecule has 9 heteroatoms. The zero-order valence-electron chi connectivity index (χ0n) is 19.4. The van der Waals surface area contributed by atoms with Crippen LogP contribution in [0.15, 0.2) is 88.4 Å². The summed E-state index contributed by atoms with van der Waals surface area (Å²) < 4.78 is 33.0. The largest absolute Gasteiger partial charge is 0.459 e. The second kappa shape index (κ2) is 10.6. The molecule has 8 nitrogen and oxygen atoms in total. The first-order valence-corrected chi connectivity index (χ1v) is 12.7. The minimum Gasteiger partial charge on any atom is -0.459 e. The van der Waals surface area contributed by atoms with E-state index in [0.717, 1.165) is 15.4 Å². The fraction of sp³-hybridized carbons (Fsp3) is 0.231. The average molecular weight is 494 g/mol. The maximum atomic E-state index is 13.5. The number of benzene rings is 2. The van der Waals surface area contributed by atoms with Crippen LogP contribution in [-0.4, -0.2) is 67.2 Å². The quantitative estimate of drug-likeness (QED) is 0.520. The summed E-state index contributed by atoms with van der Waals surface area (Å²) in [5.41, 5.74) is 1.82. The number of urea groups is 1. The zero-order chi connectivity index (χ0) is 24.8. The van der Waals surface area contributed by atoms with Gasteiger partial charge < -0.3 is 14.2 Å². The molecule has 35 heavy (non-hydrogen) atoms. The van der Waals surface area contributed by atoms with Crippen molar-refractivity contribution in [1.29, 1.82) is 0 Å². The number of sulfonamides is 1. The van der Waals surface area contributed by atoms with Crippen LogP contribution in [0.3, 0.4) is 0 Å². The number of carbonyl (C=O) groups is 2. The Hall–Kier alpha value is -3.85. The molecule has 1 saturated heterocycles. The fourth-order valence-corrected chi connectivity index (χ4v) is 5.12. The lowest BCUT2D eigenvalue weighted by Gasteiger charge is -2.36. The minimum absolute atomic E-state index is 0.0520. The van der Waals surface area contributed by atoms with Crippen LogP contribution in [0.25, 0.3) is 6.08 Å². The lowest BCUT2D eigenvalue weighted by Crippen LogP contribution is -2.55. The van der Waals surface area contributed by atoms with E-state index in [4.69, 9.17) is 4.42 Å². The van der Waals surface area contributed by atoms with Crippen LogP contribution in [0, 0.1) is 6.92 Å². The number of furan rings is 1. The van der Waals surface area contributed by atoms with Gasteiger partial charge >= 0.3 is 6.03 Å². The van der Waals surface area contributed by atoms with Crippen molar-refractivity contribution in [3.63, 3.8) is 0 Å². The lowest BCUT2D eigenvalue weighted by molar-refractivity contribution is 0.0625. The summed E-state index contributed by atoms with van der Waals surface area (Å²) in [7, 11) is -4.09. The fourth-order valence-electron chi connectivity index (χ4n) is 3.78. The number of hydrogen-bond donors (Lipinski definition) is 0. The van der Waals surface area contributed by atoms with Gasteiger partial charge in [-0.05, 0) is 36.8 Å². The van der Waals surface area contributed by atoms with Gasteiger partial charge in [0.25, 0.3) is 15.9 Å². The number of hydrogen-bond acceptors (Lipinski definition) is 5. The van der Waals surface area contributed by atoms with Crippen LogP contribution in [0.5, 0.6) is 0 Å². The van der Waals surface area contributed by atoms with E-state index in [-0.39, 0.29) is 49.3 Å². The van der Waals surface area contributed by atoms with Gasteiger partial charge in [0.1, 0.15) is 0 Å². The molecule has 2 aromatic carbocycles. The van der Waals surface area contributed by atoms with Crippen LogP contribution in [0.4, 0.5) is 4.79 Å². The molecule has 0 bridgehead atoms. The number of carbonyl (C=O) groups excluding carboxylic acids is 2. The Kier molecular flexibility index (Phi) is 7.36. The Morgan fingerprint density at radius 1 is 0.914 bits per heavy atom. The maximum Gasteiger partial charge on any atom is 0.334 e. The van der Waals surface area contributed by atoms with Gasteiger partial charge in [0, 0.05) is 26.2 Å². The first-order valence-electron chi connectivity index (χ1n) is 11.3. The third-order valence-corrected chi connectivity index (χ3v) is 7.53. The van der Waals surface area contributed by atoms with Gasteiger partial charge in [0.2, 0.25) is 0 Å². The molecule has 0 unspecified atom stereocenters. The van der Waals surface area contributed by atoms with Crippen LogP contribution in [-0.2, 0) is 10.0 Å². The molecule has 0 spiro atoms. The highest BCUT2D eigenvalue weighted by molar-refractivity contribution is 7.89. The molecular weight excluding hydrogens is 466 g/mol. The topological polar surface area (TPSA) is 91.1 Å². The average Bonchev–Trinajstić information content (AvgIpc) is 3.42. The Balaban J connectivity index is 1.52. The number of amides is 3. The highest BCUT2D eigenvalue weighted by atomic mass is 32.2.